The predicted molar refractivity (Wildman–Crippen MR) is 122 cm³/mol. The van der Waals surface area contributed by atoms with Crippen LogP contribution in [0, 0.1) is 0 Å². The lowest BCUT2D eigenvalue weighted by atomic mass is 10.1. The molecule has 0 spiro atoms. The van der Waals surface area contributed by atoms with E-state index in [4.69, 9.17) is 14.2 Å². The van der Waals surface area contributed by atoms with Gasteiger partial charge in [0.2, 0.25) is 0 Å². The maximum atomic E-state index is 6.38. The van der Waals surface area contributed by atoms with Crippen molar-refractivity contribution >= 4 is 11.8 Å². The Balaban J connectivity index is 1.35. The van der Waals surface area contributed by atoms with Crippen LogP contribution in [-0.2, 0) is 34.0 Å². The topological polar surface area (TPSA) is 27.7 Å². The van der Waals surface area contributed by atoms with E-state index in [0.717, 1.165) is 5.75 Å². The van der Waals surface area contributed by atoms with Gasteiger partial charge in [0.05, 0.1) is 43.9 Å². The summed E-state index contributed by atoms with van der Waals surface area (Å²) < 4.78 is 18.7. The standard InChI is InChI=1S/C26H28O3S/c1-4-10-21(11-5-1)16-27-19-25-26(29-18-23-14-8-3-9-15-23)24(20-30-25)28-17-22-12-6-2-7-13-22/h1-15,24-26H,16-20H2/t24-,25-,26+/m0/s1. The summed E-state index contributed by atoms with van der Waals surface area (Å²) in [5.74, 6) is 0.922. The predicted octanol–water partition coefficient (Wildman–Crippen LogP) is 5.49. The number of rotatable bonds is 10. The largest absolute Gasteiger partial charge is 0.376 e. The summed E-state index contributed by atoms with van der Waals surface area (Å²) in [5.41, 5.74) is 3.56. The molecule has 1 heterocycles. The molecule has 4 heteroatoms. The van der Waals surface area contributed by atoms with Crippen LogP contribution in [0.3, 0.4) is 0 Å². The molecular formula is C26H28O3S. The summed E-state index contributed by atoms with van der Waals surface area (Å²) in [6.45, 7) is 2.48. The molecule has 0 unspecified atom stereocenters. The van der Waals surface area contributed by atoms with Gasteiger partial charge in [-0.15, -0.1) is 0 Å². The van der Waals surface area contributed by atoms with Crippen LogP contribution >= 0.6 is 11.8 Å². The van der Waals surface area contributed by atoms with Gasteiger partial charge in [0.15, 0.2) is 0 Å². The monoisotopic (exact) mass is 420 g/mol. The van der Waals surface area contributed by atoms with Crippen molar-refractivity contribution in [1.82, 2.24) is 0 Å². The van der Waals surface area contributed by atoms with E-state index in [1.807, 2.05) is 66.4 Å². The molecule has 0 aliphatic carbocycles. The molecule has 0 radical (unpaired) electrons. The third-order valence-corrected chi connectivity index (χ3v) is 6.55. The Morgan fingerprint density at radius 1 is 0.633 bits per heavy atom. The van der Waals surface area contributed by atoms with Gasteiger partial charge in [0, 0.05) is 5.75 Å². The van der Waals surface area contributed by atoms with E-state index in [2.05, 4.69) is 36.4 Å². The second kappa shape index (κ2) is 11.3. The molecule has 1 aliphatic rings. The van der Waals surface area contributed by atoms with E-state index >= 15 is 0 Å². The number of hydrogen-bond acceptors (Lipinski definition) is 4. The van der Waals surface area contributed by atoms with Crippen molar-refractivity contribution in [2.75, 3.05) is 12.4 Å². The summed E-state index contributed by atoms with van der Waals surface area (Å²) in [6, 6.07) is 30.9. The quantitative estimate of drug-likeness (QED) is 0.433. The number of benzene rings is 3. The fraction of sp³-hybridized carbons (Fsp3) is 0.308. The molecule has 30 heavy (non-hydrogen) atoms. The molecule has 3 atom stereocenters. The first kappa shape index (κ1) is 21.1. The highest BCUT2D eigenvalue weighted by atomic mass is 32.2. The van der Waals surface area contributed by atoms with E-state index in [1.165, 1.54) is 16.7 Å². The number of ether oxygens (including phenoxy) is 3. The fourth-order valence-electron chi connectivity index (χ4n) is 3.56. The third-order valence-electron chi connectivity index (χ3n) is 5.19. The molecule has 3 aromatic carbocycles. The van der Waals surface area contributed by atoms with Crippen LogP contribution in [0.1, 0.15) is 16.7 Å². The van der Waals surface area contributed by atoms with Gasteiger partial charge in [-0.2, -0.15) is 11.8 Å². The van der Waals surface area contributed by atoms with Crippen LogP contribution in [0.2, 0.25) is 0 Å². The van der Waals surface area contributed by atoms with Crippen LogP contribution < -0.4 is 0 Å². The molecule has 1 fully saturated rings. The van der Waals surface area contributed by atoms with Crippen LogP contribution in [0.15, 0.2) is 91.0 Å². The average Bonchev–Trinajstić information content (AvgIpc) is 3.20. The molecule has 0 N–H and O–H groups in total. The van der Waals surface area contributed by atoms with Crippen LogP contribution in [0.5, 0.6) is 0 Å². The van der Waals surface area contributed by atoms with Crippen molar-refractivity contribution in [1.29, 1.82) is 0 Å². The second-order valence-electron chi connectivity index (χ2n) is 7.47. The van der Waals surface area contributed by atoms with Crippen molar-refractivity contribution in [2.45, 2.75) is 37.3 Å². The highest BCUT2D eigenvalue weighted by Crippen LogP contribution is 2.33. The maximum Gasteiger partial charge on any atom is 0.0990 e. The smallest absolute Gasteiger partial charge is 0.0990 e. The Hall–Kier alpha value is -2.11. The van der Waals surface area contributed by atoms with Crippen molar-refractivity contribution in [2.24, 2.45) is 0 Å². The summed E-state index contributed by atoms with van der Waals surface area (Å²) in [7, 11) is 0. The SMILES string of the molecule is c1ccc(COC[C@@H]2SC[C@H](OCc3ccccc3)[C@H]2OCc2ccccc2)cc1. The Morgan fingerprint density at radius 3 is 1.70 bits per heavy atom. The molecule has 156 valence electrons. The first-order valence-electron chi connectivity index (χ1n) is 10.4. The Kier molecular flexibility index (Phi) is 7.98. The van der Waals surface area contributed by atoms with Gasteiger partial charge < -0.3 is 14.2 Å². The van der Waals surface area contributed by atoms with Crippen molar-refractivity contribution in [3.05, 3.63) is 108 Å². The number of thioether (sulfide) groups is 1. The van der Waals surface area contributed by atoms with Gasteiger partial charge in [0.25, 0.3) is 0 Å². The lowest BCUT2D eigenvalue weighted by Gasteiger charge is -2.25. The van der Waals surface area contributed by atoms with Gasteiger partial charge in [-0.05, 0) is 16.7 Å². The molecule has 0 aromatic heterocycles. The lowest BCUT2D eigenvalue weighted by molar-refractivity contribution is -0.0768. The molecular weight excluding hydrogens is 392 g/mol. The van der Waals surface area contributed by atoms with Gasteiger partial charge in [-0.3, -0.25) is 0 Å². The van der Waals surface area contributed by atoms with Crippen molar-refractivity contribution in [3.8, 4) is 0 Å². The van der Waals surface area contributed by atoms with Gasteiger partial charge >= 0.3 is 0 Å². The Bertz CT molecular complexity index is 857. The molecule has 3 aromatic rings. The van der Waals surface area contributed by atoms with Crippen molar-refractivity contribution in [3.63, 3.8) is 0 Å². The zero-order valence-electron chi connectivity index (χ0n) is 17.1. The average molecular weight is 421 g/mol. The summed E-state index contributed by atoms with van der Waals surface area (Å²) >= 11 is 1.89. The first-order valence-corrected chi connectivity index (χ1v) is 11.5. The van der Waals surface area contributed by atoms with Gasteiger partial charge in [0.1, 0.15) is 0 Å². The lowest BCUT2D eigenvalue weighted by Crippen LogP contribution is -2.36. The van der Waals surface area contributed by atoms with Crippen LogP contribution in [-0.4, -0.2) is 29.8 Å². The fourth-order valence-corrected chi connectivity index (χ4v) is 4.92. The minimum atomic E-state index is 0.00897. The van der Waals surface area contributed by atoms with Gasteiger partial charge in [-0.25, -0.2) is 0 Å². The molecule has 1 saturated heterocycles. The molecule has 0 saturated carbocycles. The van der Waals surface area contributed by atoms with E-state index in [0.29, 0.717) is 26.4 Å². The minimum Gasteiger partial charge on any atom is -0.376 e. The van der Waals surface area contributed by atoms with E-state index in [9.17, 15) is 0 Å². The van der Waals surface area contributed by atoms with Crippen LogP contribution in [0.4, 0.5) is 0 Å². The van der Waals surface area contributed by atoms with Crippen LogP contribution in [0.25, 0.3) is 0 Å². The second-order valence-corrected chi connectivity index (χ2v) is 8.74. The first-order chi connectivity index (χ1) is 14.9. The van der Waals surface area contributed by atoms with E-state index < -0.39 is 0 Å². The zero-order chi connectivity index (χ0) is 20.4. The summed E-state index contributed by atoms with van der Waals surface area (Å²) in [5, 5.41) is 0.262. The molecule has 3 nitrogen and oxygen atoms in total. The normalized spacial score (nSPS) is 21.0. The maximum absolute atomic E-state index is 6.38. The zero-order valence-corrected chi connectivity index (χ0v) is 17.9. The molecule has 0 bridgehead atoms. The van der Waals surface area contributed by atoms with E-state index in [1.54, 1.807) is 0 Å². The summed E-state index contributed by atoms with van der Waals surface area (Å²) in [4.78, 5) is 0. The summed E-state index contributed by atoms with van der Waals surface area (Å²) in [6.07, 6.45) is 0.0685. The van der Waals surface area contributed by atoms with E-state index in [-0.39, 0.29) is 17.5 Å². The molecule has 0 amide bonds. The minimum absolute atomic E-state index is 0.00897. The van der Waals surface area contributed by atoms with Gasteiger partial charge in [-0.1, -0.05) is 91.0 Å². The highest BCUT2D eigenvalue weighted by molar-refractivity contribution is 8.00. The highest BCUT2D eigenvalue weighted by Gasteiger charge is 2.38. The Morgan fingerprint density at radius 2 is 1.13 bits per heavy atom. The molecule has 1 aliphatic heterocycles. The number of hydrogen-bond donors (Lipinski definition) is 0. The Labute approximate surface area is 183 Å². The molecule has 4 rings (SSSR count). The third kappa shape index (κ3) is 6.19. The van der Waals surface area contributed by atoms with Crippen molar-refractivity contribution < 1.29 is 14.2 Å².